The van der Waals surface area contributed by atoms with E-state index in [-0.39, 0.29) is 17.4 Å². The van der Waals surface area contributed by atoms with Crippen LogP contribution in [0.25, 0.3) is 5.69 Å². The van der Waals surface area contributed by atoms with Gasteiger partial charge in [-0.25, -0.2) is 4.98 Å². The Morgan fingerprint density at radius 1 is 1.29 bits per heavy atom. The summed E-state index contributed by atoms with van der Waals surface area (Å²) < 4.78 is 25.5. The standard InChI is InChI=1S/C25H25N3O4S.H2O/c1-17-4-3-10-27(17)20-5-6-22-19(13-20)14-23(32-22)25(29)28(21-8-11-33(30)16-21)15-18-7-9-26-24(12-18)31-2;/h3-13,21,23H,14-16H2,1-2H3;1H2. The van der Waals surface area contributed by atoms with Crippen molar-refractivity contribution >= 4 is 16.7 Å². The van der Waals surface area contributed by atoms with Crippen LogP contribution in [0.2, 0.25) is 0 Å². The zero-order valence-corrected chi connectivity index (χ0v) is 19.8. The molecule has 3 atom stereocenters. The number of methoxy groups -OCH3 is 1. The van der Waals surface area contributed by atoms with Gasteiger partial charge in [0.15, 0.2) is 6.10 Å². The molecule has 3 unspecified atom stereocenters. The summed E-state index contributed by atoms with van der Waals surface area (Å²) in [5, 5.41) is 1.66. The van der Waals surface area contributed by atoms with Crippen LogP contribution in [0.5, 0.6) is 11.6 Å². The van der Waals surface area contributed by atoms with Crippen molar-refractivity contribution in [3.8, 4) is 17.3 Å². The van der Waals surface area contributed by atoms with Gasteiger partial charge in [-0.3, -0.25) is 9.00 Å². The molecule has 1 amide bonds. The summed E-state index contributed by atoms with van der Waals surface area (Å²) in [4.78, 5) is 19.5. The molecule has 34 heavy (non-hydrogen) atoms. The first kappa shape index (κ1) is 23.7. The third-order valence-corrected chi connectivity index (χ3v) is 7.19. The number of rotatable bonds is 6. The third-order valence-electron chi connectivity index (χ3n) is 6.06. The van der Waals surface area contributed by atoms with Crippen LogP contribution in [0.1, 0.15) is 16.8 Å². The van der Waals surface area contributed by atoms with E-state index in [0.717, 1.165) is 28.3 Å². The van der Waals surface area contributed by atoms with E-state index in [1.165, 1.54) is 0 Å². The van der Waals surface area contributed by atoms with Crippen molar-refractivity contribution in [2.45, 2.75) is 32.0 Å². The lowest BCUT2D eigenvalue weighted by atomic mass is 10.1. The lowest BCUT2D eigenvalue weighted by molar-refractivity contribution is -0.139. The van der Waals surface area contributed by atoms with Gasteiger partial charge in [-0.1, -0.05) is 6.08 Å². The molecule has 0 saturated carbocycles. The summed E-state index contributed by atoms with van der Waals surface area (Å²) >= 11 is 0. The van der Waals surface area contributed by atoms with Gasteiger partial charge in [0.2, 0.25) is 5.88 Å². The van der Waals surface area contributed by atoms with Crippen LogP contribution >= 0.6 is 0 Å². The number of amides is 1. The van der Waals surface area contributed by atoms with Crippen LogP contribution in [0.15, 0.2) is 66.3 Å². The minimum Gasteiger partial charge on any atom is -0.481 e. The van der Waals surface area contributed by atoms with Crippen molar-refractivity contribution in [2.75, 3.05) is 12.9 Å². The van der Waals surface area contributed by atoms with Crippen LogP contribution < -0.4 is 9.47 Å². The van der Waals surface area contributed by atoms with Gasteiger partial charge in [0.1, 0.15) is 5.75 Å². The molecular formula is C25H27N3O5S. The molecule has 8 nitrogen and oxygen atoms in total. The largest absolute Gasteiger partial charge is 0.481 e. The maximum Gasteiger partial charge on any atom is 0.264 e. The minimum atomic E-state index is -1.07. The number of aryl methyl sites for hydroxylation is 1. The summed E-state index contributed by atoms with van der Waals surface area (Å²) in [6, 6.07) is 13.5. The van der Waals surface area contributed by atoms with Crippen LogP contribution in [0.3, 0.4) is 0 Å². The summed E-state index contributed by atoms with van der Waals surface area (Å²) in [6.45, 7) is 2.41. The smallest absolute Gasteiger partial charge is 0.264 e. The van der Waals surface area contributed by atoms with Gasteiger partial charge in [-0.05, 0) is 48.9 Å². The quantitative estimate of drug-likeness (QED) is 0.537. The zero-order valence-electron chi connectivity index (χ0n) is 19.0. The monoisotopic (exact) mass is 481 g/mol. The highest BCUT2D eigenvalue weighted by atomic mass is 32.2. The molecular weight excluding hydrogens is 454 g/mol. The van der Waals surface area contributed by atoms with E-state index in [0.29, 0.717) is 24.6 Å². The molecule has 5 rings (SSSR count). The minimum absolute atomic E-state index is 0. The van der Waals surface area contributed by atoms with Crippen molar-refractivity contribution < 1.29 is 24.0 Å². The molecule has 2 aromatic heterocycles. The van der Waals surface area contributed by atoms with Crippen LogP contribution in [-0.4, -0.2) is 55.1 Å². The van der Waals surface area contributed by atoms with Crippen molar-refractivity contribution in [1.29, 1.82) is 0 Å². The number of carbonyl (C=O) groups is 1. The van der Waals surface area contributed by atoms with Crippen molar-refractivity contribution in [1.82, 2.24) is 14.5 Å². The summed E-state index contributed by atoms with van der Waals surface area (Å²) in [7, 11) is 0.487. The molecule has 3 aromatic rings. The van der Waals surface area contributed by atoms with Crippen molar-refractivity contribution in [3.63, 3.8) is 0 Å². The van der Waals surface area contributed by atoms with E-state index in [1.807, 2.05) is 42.6 Å². The van der Waals surface area contributed by atoms with E-state index < -0.39 is 16.9 Å². The fraction of sp³-hybridized carbons (Fsp3) is 0.280. The van der Waals surface area contributed by atoms with Crippen LogP contribution in [0.4, 0.5) is 0 Å². The van der Waals surface area contributed by atoms with Gasteiger partial charge in [-0.15, -0.1) is 0 Å². The predicted octanol–water partition coefficient (Wildman–Crippen LogP) is 2.34. The molecule has 4 heterocycles. The molecule has 178 valence electrons. The summed E-state index contributed by atoms with van der Waals surface area (Å²) in [6.07, 6.45) is 5.41. The lowest BCUT2D eigenvalue weighted by Crippen LogP contribution is -2.46. The SMILES string of the molecule is COc1cc(CN(C(=O)C2Cc3cc(-n4cccc4C)ccc3O2)C2C=CS(=O)C2)ccn1.O. The molecule has 1 aromatic carbocycles. The fourth-order valence-corrected chi connectivity index (χ4v) is 5.43. The normalized spacial score (nSPS) is 20.4. The molecule has 0 bridgehead atoms. The van der Waals surface area contributed by atoms with Gasteiger partial charge in [0.05, 0.1) is 18.9 Å². The maximum absolute atomic E-state index is 13.7. The predicted molar refractivity (Wildman–Crippen MR) is 130 cm³/mol. The molecule has 2 aliphatic heterocycles. The second-order valence-electron chi connectivity index (χ2n) is 8.24. The van der Waals surface area contributed by atoms with E-state index in [4.69, 9.17) is 9.47 Å². The highest BCUT2D eigenvalue weighted by molar-refractivity contribution is 7.88. The van der Waals surface area contributed by atoms with Crippen LogP contribution in [-0.2, 0) is 28.6 Å². The number of hydrogen-bond donors (Lipinski definition) is 0. The van der Waals surface area contributed by atoms with E-state index in [2.05, 4.69) is 28.6 Å². The molecule has 2 N–H and O–H groups in total. The van der Waals surface area contributed by atoms with Gasteiger partial charge in [0.25, 0.3) is 5.91 Å². The third kappa shape index (κ3) is 4.62. The number of pyridine rings is 1. The highest BCUT2D eigenvalue weighted by Crippen LogP contribution is 2.33. The number of benzene rings is 1. The number of fused-ring (bicyclic) bond motifs is 1. The Morgan fingerprint density at radius 2 is 2.15 bits per heavy atom. The van der Waals surface area contributed by atoms with Gasteiger partial charge in [-0.2, -0.15) is 0 Å². The topological polar surface area (TPSA) is 105 Å². The zero-order chi connectivity index (χ0) is 22.9. The second-order valence-corrected chi connectivity index (χ2v) is 9.61. The Morgan fingerprint density at radius 3 is 2.85 bits per heavy atom. The molecule has 0 spiro atoms. The summed E-state index contributed by atoms with van der Waals surface area (Å²) in [5.41, 5.74) is 4.08. The Kier molecular flexibility index (Phi) is 6.85. The number of carbonyl (C=O) groups excluding carboxylic acids is 1. The molecule has 2 aliphatic rings. The lowest BCUT2D eigenvalue weighted by Gasteiger charge is -2.30. The average Bonchev–Trinajstić information content (AvgIpc) is 3.56. The number of ether oxygens (including phenoxy) is 2. The van der Waals surface area contributed by atoms with Gasteiger partial charge < -0.3 is 24.4 Å². The summed E-state index contributed by atoms with van der Waals surface area (Å²) in [5.74, 6) is 1.50. The highest BCUT2D eigenvalue weighted by Gasteiger charge is 2.36. The number of nitrogens with zero attached hydrogens (tertiary/aromatic N) is 3. The molecule has 0 saturated heterocycles. The Balaban J connectivity index is 0.00000274. The first-order valence-electron chi connectivity index (χ1n) is 10.8. The second kappa shape index (κ2) is 9.82. The maximum atomic E-state index is 13.7. The molecule has 0 fully saturated rings. The van der Waals surface area contributed by atoms with E-state index in [1.54, 1.807) is 23.6 Å². The first-order chi connectivity index (χ1) is 16.0. The molecule has 0 aliphatic carbocycles. The average molecular weight is 482 g/mol. The molecule has 0 radical (unpaired) electrons. The van der Waals surface area contributed by atoms with Crippen molar-refractivity contribution in [3.05, 3.63) is 83.2 Å². The Hall–Kier alpha value is -3.43. The van der Waals surface area contributed by atoms with E-state index in [9.17, 15) is 9.00 Å². The first-order valence-corrected chi connectivity index (χ1v) is 12.2. The van der Waals surface area contributed by atoms with Crippen LogP contribution in [0, 0.1) is 6.92 Å². The number of hydrogen-bond acceptors (Lipinski definition) is 5. The fourth-order valence-electron chi connectivity index (χ4n) is 4.33. The van der Waals surface area contributed by atoms with E-state index >= 15 is 0 Å². The van der Waals surface area contributed by atoms with Gasteiger partial charge in [0, 0.05) is 64.6 Å². The number of aromatic nitrogens is 2. The Labute approximate surface area is 200 Å². The van der Waals surface area contributed by atoms with Crippen molar-refractivity contribution in [2.24, 2.45) is 0 Å². The molecule has 9 heteroatoms. The van der Waals surface area contributed by atoms with Gasteiger partial charge >= 0.3 is 0 Å². The Bertz CT molecular complexity index is 1250.